The predicted octanol–water partition coefficient (Wildman–Crippen LogP) is 1.15. The Hall–Kier alpha value is -1.67. The van der Waals surface area contributed by atoms with Gasteiger partial charge in [0.25, 0.3) is 5.69 Å². The first kappa shape index (κ1) is 15.4. The molecule has 0 aliphatic heterocycles. The van der Waals surface area contributed by atoms with Gasteiger partial charge in [0.1, 0.15) is 5.69 Å². The molecule has 0 heterocycles. The van der Waals surface area contributed by atoms with Crippen LogP contribution in [0.5, 0.6) is 0 Å². The van der Waals surface area contributed by atoms with Gasteiger partial charge in [-0.2, -0.15) is 0 Å². The second-order valence-corrected chi connectivity index (χ2v) is 6.21. The molecule has 1 atom stereocenters. The highest BCUT2D eigenvalue weighted by molar-refractivity contribution is 7.90. The molecular weight excluding hydrogens is 270 g/mol. The highest BCUT2D eigenvalue weighted by Crippen LogP contribution is 2.28. The van der Waals surface area contributed by atoms with Gasteiger partial charge in [-0.25, -0.2) is 8.42 Å². The predicted molar refractivity (Wildman–Crippen MR) is 73.0 cm³/mol. The summed E-state index contributed by atoms with van der Waals surface area (Å²) >= 11 is 0. The van der Waals surface area contributed by atoms with Crippen molar-refractivity contribution in [2.75, 3.05) is 18.1 Å². The summed E-state index contributed by atoms with van der Waals surface area (Å²) in [4.78, 5) is 10.3. The SMILES string of the molecule is CCC(CN)Nc1ccc(S(C)(=O)=O)cc1[N+](=O)[O-]. The molecule has 0 spiro atoms. The zero-order valence-electron chi connectivity index (χ0n) is 10.8. The summed E-state index contributed by atoms with van der Waals surface area (Å²) in [5.41, 5.74) is 5.53. The van der Waals surface area contributed by atoms with Crippen LogP contribution in [0.2, 0.25) is 0 Å². The third-order valence-corrected chi connectivity index (χ3v) is 3.84. The number of nitro benzene ring substituents is 1. The highest BCUT2D eigenvalue weighted by Gasteiger charge is 2.19. The molecule has 0 fully saturated rings. The molecule has 0 bridgehead atoms. The molecule has 0 amide bonds. The Morgan fingerprint density at radius 2 is 2.11 bits per heavy atom. The van der Waals surface area contributed by atoms with Gasteiger partial charge in [-0.3, -0.25) is 10.1 Å². The number of nitrogens with one attached hydrogen (secondary N) is 1. The van der Waals surface area contributed by atoms with Gasteiger partial charge in [-0.15, -0.1) is 0 Å². The number of benzene rings is 1. The van der Waals surface area contributed by atoms with Crippen LogP contribution in [0.4, 0.5) is 11.4 Å². The van der Waals surface area contributed by atoms with Crippen molar-refractivity contribution >= 4 is 21.2 Å². The molecule has 7 nitrogen and oxygen atoms in total. The maximum Gasteiger partial charge on any atom is 0.293 e. The molecule has 1 aromatic carbocycles. The fourth-order valence-corrected chi connectivity index (χ4v) is 2.20. The quantitative estimate of drug-likeness (QED) is 0.599. The Labute approximate surface area is 111 Å². The molecule has 0 aromatic heterocycles. The van der Waals surface area contributed by atoms with Gasteiger partial charge in [0.15, 0.2) is 9.84 Å². The first-order chi connectivity index (χ1) is 8.79. The zero-order valence-corrected chi connectivity index (χ0v) is 11.6. The normalized spacial score (nSPS) is 13.0. The first-order valence-electron chi connectivity index (χ1n) is 5.74. The molecule has 1 aromatic rings. The summed E-state index contributed by atoms with van der Waals surface area (Å²) < 4.78 is 22.8. The van der Waals surface area contributed by atoms with E-state index in [9.17, 15) is 18.5 Å². The lowest BCUT2D eigenvalue weighted by Gasteiger charge is -2.16. The van der Waals surface area contributed by atoms with E-state index in [2.05, 4.69) is 5.32 Å². The van der Waals surface area contributed by atoms with Crippen LogP contribution in [-0.2, 0) is 9.84 Å². The van der Waals surface area contributed by atoms with Crippen molar-refractivity contribution in [1.82, 2.24) is 0 Å². The minimum absolute atomic E-state index is 0.0782. The van der Waals surface area contributed by atoms with E-state index in [4.69, 9.17) is 5.73 Å². The fraction of sp³-hybridized carbons (Fsp3) is 0.455. The Bertz CT molecular complexity index is 567. The summed E-state index contributed by atoms with van der Waals surface area (Å²) in [5, 5.41) is 13.9. The third-order valence-electron chi connectivity index (χ3n) is 2.73. The number of hydrogen-bond acceptors (Lipinski definition) is 6. The average molecular weight is 287 g/mol. The minimum atomic E-state index is -3.47. The van der Waals surface area contributed by atoms with Gasteiger partial charge in [0.2, 0.25) is 0 Å². The maximum absolute atomic E-state index is 11.4. The van der Waals surface area contributed by atoms with Crippen LogP contribution in [0.15, 0.2) is 23.1 Å². The van der Waals surface area contributed by atoms with Gasteiger partial charge in [-0.05, 0) is 18.6 Å². The Balaban J connectivity index is 3.23. The van der Waals surface area contributed by atoms with E-state index in [0.717, 1.165) is 12.3 Å². The van der Waals surface area contributed by atoms with Gasteiger partial charge in [0.05, 0.1) is 9.82 Å². The zero-order chi connectivity index (χ0) is 14.6. The fourth-order valence-electron chi connectivity index (χ4n) is 1.56. The van der Waals surface area contributed by atoms with Crippen LogP contribution in [0.25, 0.3) is 0 Å². The van der Waals surface area contributed by atoms with Crippen LogP contribution in [0.3, 0.4) is 0 Å². The van der Waals surface area contributed by atoms with Crippen molar-refractivity contribution < 1.29 is 13.3 Å². The Morgan fingerprint density at radius 3 is 2.53 bits per heavy atom. The number of nitrogens with two attached hydrogens (primary N) is 1. The molecule has 8 heteroatoms. The molecule has 0 radical (unpaired) electrons. The molecule has 1 rings (SSSR count). The number of hydrogen-bond donors (Lipinski definition) is 2. The Morgan fingerprint density at radius 1 is 1.47 bits per heavy atom. The first-order valence-corrected chi connectivity index (χ1v) is 7.63. The highest BCUT2D eigenvalue weighted by atomic mass is 32.2. The minimum Gasteiger partial charge on any atom is -0.375 e. The van der Waals surface area contributed by atoms with E-state index in [0.29, 0.717) is 13.0 Å². The summed E-state index contributed by atoms with van der Waals surface area (Å²) in [7, 11) is -3.47. The van der Waals surface area contributed by atoms with E-state index < -0.39 is 14.8 Å². The third kappa shape index (κ3) is 3.90. The van der Waals surface area contributed by atoms with Crippen LogP contribution in [-0.4, -0.2) is 32.2 Å². The molecule has 0 aliphatic carbocycles. The molecule has 19 heavy (non-hydrogen) atoms. The Kier molecular flexibility index (Phi) is 4.84. The lowest BCUT2D eigenvalue weighted by atomic mass is 10.2. The number of anilines is 1. The van der Waals surface area contributed by atoms with E-state index in [-0.39, 0.29) is 22.3 Å². The number of nitrogens with zero attached hydrogens (tertiary/aromatic N) is 1. The van der Waals surface area contributed by atoms with Crippen molar-refractivity contribution in [2.24, 2.45) is 5.73 Å². The lowest BCUT2D eigenvalue weighted by Crippen LogP contribution is -2.28. The van der Waals surface area contributed by atoms with Crippen LogP contribution in [0, 0.1) is 10.1 Å². The van der Waals surface area contributed by atoms with E-state index >= 15 is 0 Å². The van der Waals surface area contributed by atoms with Crippen LogP contribution >= 0.6 is 0 Å². The van der Waals surface area contributed by atoms with Crippen molar-refractivity contribution in [3.8, 4) is 0 Å². The van der Waals surface area contributed by atoms with Crippen LogP contribution < -0.4 is 11.1 Å². The van der Waals surface area contributed by atoms with Gasteiger partial charge in [-0.1, -0.05) is 6.92 Å². The smallest absolute Gasteiger partial charge is 0.293 e. The molecule has 0 saturated carbocycles. The summed E-state index contributed by atoms with van der Waals surface area (Å²) in [5.74, 6) is 0. The molecule has 0 aliphatic rings. The molecule has 106 valence electrons. The van der Waals surface area contributed by atoms with Gasteiger partial charge in [0, 0.05) is 24.9 Å². The van der Waals surface area contributed by atoms with Crippen molar-refractivity contribution in [3.05, 3.63) is 28.3 Å². The topological polar surface area (TPSA) is 115 Å². The summed E-state index contributed by atoms with van der Waals surface area (Å²) in [6.07, 6.45) is 1.72. The van der Waals surface area contributed by atoms with Gasteiger partial charge < -0.3 is 11.1 Å². The monoisotopic (exact) mass is 287 g/mol. The maximum atomic E-state index is 11.4. The van der Waals surface area contributed by atoms with Crippen molar-refractivity contribution in [1.29, 1.82) is 0 Å². The van der Waals surface area contributed by atoms with Crippen LogP contribution in [0.1, 0.15) is 13.3 Å². The molecule has 3 N–H and O–H groups in total. The number of sulfone groups is 1. The second-order valence-electron chi connectivity index (χ2n) is 4.19. The average Bonchev–Trinajstić information content (AvgIpc) is 2.34. The lowest BCUT2D eigenvalue weighted by molar-refractivity contribution is -0.384. The largest absolute Gasteiger partial charge is 0.375 e. The summed E-state index contributed by atoms with van der Waals surface area (Å²) in [6, 6.07) is 3.70. The molecule has 1 unspecified atom stereocenters. The van der Waals surface area contributed by atoms with E-state index in [1.54, 1.807) is 0 Å². The number of rotatable bonds is 6. The van der Waals surface area contributed by atoms with Gasteiger partial charge >= 0.3 is 0 Å². The number of nitro groups is 1. The summed E-state index contributed by atoms with van der Waals surface area (Å²) in [6.45, 7) is 2.24. The molecule has 0 saturated heterocycles. The second kappa shape index (κ2) is 5.98. The van der Waals surface area contributed by atoms with E-state index in [1.165, 1.54) is 12.1 Å². The standard InChI is InChI=1S/C11H17N3O4S/c1-3-8(7-12)13-10-5-4-9(19(2,17)18)6-11(10)14(15)16/h4-6,8,13H,3,7,12H2,1-2H3. The molecular formula is C11H17N3O4S. The van der Waals surface area contributed by atoms with Crippen molar-refractivity contribution in [2.45, 2.75) is 24.3 Å². The van der Waals surface area contributed by atoms with E-state index in [1.807, 2.05) is 6.92 Å². The van der Waals surface area contributed by atoms with Crippen molar-refractivity contribution in [3.63, 3.8) is 0 Å².